The Kier molecular flexibility index (Phi) is 7.41. The second-order valence-corrected chi connectivity index (χ2v) is 7.13. The Morgan fingerprint density at radius 2 is 2.00 bits per heavy atom. The number of nitrogens with one attached hydrogen (secondary N) is 2. The van der Waals surface area contributed by atoms with Gasteiger partial charge in [-0.2, -0.15) is 0 Å². The molecule has 0 saturated heterocycles. The van der Waals surface area contributed by atoms with Crippen LogP contribution in [0.2, 0.25) is 0 Å². The molecule has 6 nitrogen and oxygen atoms in total. The molecule has 0 saturated carbocycles. The van der Waals surface area contributed by atoms with Gasteiger partial charge in [-0.05, 0) is 39.3 Å². The molecule has 1 aromatic carbocycles. The number of carbonyl (C=O) groups excluding carboxylic acids is 1. The van der Waals surface area contributed by atoms with Crippen LogP contribution in [-0.4, -0.2) is 47.7 Å². The van der Waals surface area contributed by atoms with E-state index in [2.05, 4.69) is 32.3 Å². The van der Waals surface area contributed by atoms with E-state index in [1.54, 1.807) is 6.92 Å². The van der Waals surface area contributed by atoms with Gasteiger partial charge in [-0.3, -0.25) is 9.59 Å². The summed E-state index contributed by atoms with van der Waals surface area (Å²) in [4.78, 5) is 33.5. The van der Waals surface area contributed by atoms with E-state index >= 15 is 0 Å². The minimum absolute atomic E-state index is 0.0690. The van der Waals surface area contributed by atoms with E-state index < -0.39 is 0 Å². The van der Waals surface area contributed by atoms with Crippen molar-refractivity contribution in [1.82, 2.24) is 20.2 Å². The van der Waals surface area contributed by atoms with Crippen LogP contribution in [0.1, 0.15) is 29.3 Å². The van der Waals surface area contributed by atoms with Crippen molar-refractivity contribution in [1.29, 1.82) is 0 Å². The van der Waals surface area contributed by atoms with Crippen molar-refractivity contribution in [3.63, 3.8) is 0 Å². The molecule has 0 aliphatic heterocycles. The maximum atomic E-state index is 12.3. The third kappa shape index (κ3) is 5.44. The number of thioether (sulfide) groups is 1. The molecule has 1 aromatic heterocycles. The number of rotatable bonds is 8. The lowest BCUT2D eigenvalue weighted by Crippen LogP contribution is -2.34. The van der Waals surface area contributed by atoms with Gasteiger partial charge in [0.25, 0.3) is 5.56 Å². The molecule has 1 atom stereocenters. The topological polar surface area (TPSA) is 78.1 Å². The van der Waals surface area contributed by atoms with Gasteiger partial charge in [-0.25, -0.2) is 4.98 Å². The Hall–Kier alpha value is -2.12. The molecule has 0 fully saturated rings. The first-order valence-corrected chi connectivity index (χ1v) is 9.76. The summed E-state index contributed by atoms with van der Waals surface area (Å²) in [6, 6.07) is 10.2. The highest BCUT2D eigenvalue weighted by atomic mass is 32.2. The lowest BCUT2D eigenvalue weighted by Gasteiger charge is -2.25. The zero-order valence-corrected chi connectivity index (χ0v) is 16.5. The average molecular weight is 375 g/mol. The number of aryl methyl sites for hydroxylation is 1. The highest BCUT2D eigenvalue weighted by Crippen LogP contribution is 2.16. The molecule has 2 N–H and O–H groups in total. The number of H-pyrrole nitrogens is 1. The van der Waals surface area contributed by atoms with E-state index in [1.807, 2.05) is 38.6 Å². The molecule has 1 unspecified atom stereocenters. The minimum atomic E-state index is -0.162. The normalized spacial score (nSPS) is 12.2. The van der Waals surface area contributed by atoms with Gasteiger partial charge in [0.15, 0.2) is 5.16 Å². The van der Waals surface area contributed by atoms with Crippen LogP contribution >= 0.6 is 11.8 Å². The lowest BCUT2D eigenvalue weighted by atomic mass is 10.1. The minimum Gasteiger partial charge on any atom is -0.354 e. The fourth-order valence-electron chi connectivity index (χ4n) is 2.79. The highest BCUT2D eigenvalue weighted by Gasteiger charge is 2.16. The quantitative estimate of drug-likeness (QED) is 0.547. The van der Waals surface area contributed by atoms with Crippen molar-refractivity contribution >= 4 is 17.7 Å². The molecule has 0 spiro atoms. The van der Waals surface area contributed by atoms with Gasteiger partial charge in [0, 0.05) is 24.2 Å². The van der Waals surface area contributed by atoms with Gasteiger partial charge < -0.3 is 15.2 Å². The summed E-state index contributed by atoms with van der Waals surface area (Å²) in [6.07, 6.45) is 2.50. The summed E-state index contributed by atoms with van der Waals surface area (Å²) in [7, 11) is 3.98. The van der Waals surface area contributed by atoms with Gasteiger partial charge in [0.05, 0.1) is 6.04 Å². The van der Waals surface area contributed by atoms with Crippen LogP contribution in [0.4, 0.5) is 0 Å². The molecule has 2 rings (SSSR count). The second-order valence-electron chi connectivity index (χ2n) is 6.33. The van der Waals surface area contributed by atoms with E-state index in [1.165, 1.54) is 11.8 Å². The van der Waals surface area contributed by atoms with E-state index in [0.29, 0.717) is 29.4 Å². The molecule has 0 aliphatic rings. The van der Waals surface area contributed by atoms with Crippen molar-refractivity contribution in [2.75, 3.05) is 26.9 Å². The number of aromatic nitrogens is 2. The summed E-state index contributed by atoms with van der Waals surface area (Å²) >= 11 is 1.39. The van der Waals surface area contributed by atoms with Crippen LogP contribution in [0.25, 0.3) is 0 Å². The molecular weight excluding hydrogens is 348 g/mol. The highest BCUT2D eigenvalue weighted by molar-refractivity contribution is 7.98. The number of hydrogen-bond donors (Lipinski definition) is 2. The number of benzene rings is 1. The average Bonchev–Trinajstić information content (AvgIpc) is 2.61. The van der Waals surface area contributed by atoms with E-state index in [-0.39, 0.29) is 23.9 Å². The molecule has 0 bridgehead atoms. The summed E-state index contributed by atoms with van der Waals surface area (Å²) in [5.74, 6) is -0.0690. The van der Waals surface area contributed by atoms with Crippen LogP contribution in [-0.2, 0) is 11.2 Å². The lowest BCUT2D eigenvalue weighted by molar-refractivity contribution is -0.121. The SMILES string of the molecule is CSc1nc(C)c(CCC(=O)NCC(c2ccccc2)N(C)C)c(=O)[nH]1. The van der Waals surface area contributed by atoms with Crippen LogP contribution in [0.5, 0.6) is 0 Å². The zero-order chi connectivity index (χ0) is 19.1. The number of hydrogen-bond acceptors (Lipinski definition) is 5. The molecule has 0 aliphatic carbocycles. The summed E-state index contributed by atoms with van der Waals surface area (Å²) in [5, 5.41) is 3.57. The molecule has 2 aromatic rings. The van der Waals surface area contributed by atoms with Crippen molar-refractivity contribution < 1.29 is 4.79 Å². The molecule has 1 amide bonds. The standard InChI is InChI=1S/C19H26N4O2S/c1-13-15(18(25)22-19(21-13)26-4)10-11-17(24)20-12-16(23(2)3)14-8-6-5-7-9-14/h5-9,16H,10-12H2,1-4H3,(H,20,24)(H,21,22,25). The third-order valence-electron chi connectivity index (χ3n) is 4.30. The Labute approximate surface area is 158 Å². The van der Waals surface area contributed by atoms with Crippen molar-refractivity contribution in [3.05, 3.63) is 57.5 Å². The first-order valence-electron chi connectivity index (χ1n) is 8.54. The number of nitrogens with zero attached hydrogens (tertiary/aromatic N) is 2. The van der Waals surface area contributed by atoms with Crippen LogP contribution < -0.4 is 10.9 Å². The van der Waals surface area contributed by atoms with Gasteiger partial charge >= 0.3 is 0 Å². The molecule has 26 heavy (non-hydrogen) atoms. The van der Waals surface area contributed by atoms with Gasteiger partial charge in [0.2, 0.25) is 5.91 Å². The first kappa shape index (κ1) is 20.2. The van der Waals surface area contributed by atoms with E-state index in [9.17, 15) is 9.59 Å². The Morgan fingerprint density at radius 1 is 1.31 bits per heavy atom. The maximum absolute atomic E-state index is 12.3. The number of carbonyl (C=O) groups is 1. The molecule has 1 heterocycles. The Morgan fingerprint density at radius 3 is 2.58 bits per heavy atom. The maximum Gasteiger partial charge on any atom is 0.254 e. The molecule has 0 radical (unpaired) electrons. The number of amides is 1. The second kappa shape index (κ2) is 9.54. The van der Waals surface area contributed by atoms with Crippen LogP contribution in [0.3, 0.4) is 0 Å². The Balaban J connectivity index is 1.94. The zero-order valence-electron chi connectivity index (χ0n) is 15.7. The molecule has 7 heteroatoms. The number of likely N-dealkylation sites (N-methyl/N-ethyl adjacent to an activating group) is 1. The predicted octanol–water partition coefficient (Wildman–Crippen LogP) is 2.15. The smallest absolute Gasteiger partial charge is 0.254 e. The third-order valence-corrected chi connectivity index (χ3v) is 4.88. The van der Waals surface area contributed by atoms with Crippen LogP contribution in [0.15, 0.2) is 40.3 Å². The Bertz CT molecular complexity index is 790. The fraction of sp³-hybridized carbons (Fsp3) is 0.421. The predicted molar refractivity (Wildman–Crippen MR) is 106 cm³/mol. The van der Waals surface area contributed by atoms with Crippen molar-refractivity contribution in [2.45, 2.75) is 31.0 Å². The molecular formula is C19H26N4O2S. The van der Waals surface area contributed by atoms with Crippen molar-refractivity contribution in [2.24, 2.45) is 0 Å². The van der Waals surface area contributed by atoms with E-state index in [4.69, 9.17) is 0 Å². The largest absolute Gasteiger partial charge is 0.354 e. The summed E-state index contributed by atoms with van der Waals surface area (Å²) in [6.45, 7) is 2.33. The van der Waals surface area contributed by atoms with Gasteiger partial charge in [-0.1, -0.05) is 42.1 Å². The summed E-state index contributed by atoms with van der Waals surface area (Å²) in [5.41, 5.74) is 2.25. The van der Waals surface area contributed by atoms with Gasteiger partial charge in [-0.15, -0.1) is 0 Å². The fourth-order valence-corrected chi connectivity index (χ4v) is 3.21. The molecule has 140 valence electrons. The van der Waals surface area contributed by atoms with Crippen molar-refractivity contribution in [3.8, 4) is 0 Å². The van der Waals surface area contributed by atoms with E-state index in [0.717, 1.165) is 5.56 Å². The van der Waals surface area contributed by atoms with Gasteiger partial charge in [0.1, 0.15) is 0 Å². The van der Waals surface area contributed by atoms with Crippen LogP contribution in [0, 0.1) is 6.92 Å². The monoisotopic (exact) mass is 374 g/mol. The first-order chi connectivity index (χ1) is 12.4. The summed E-state index contributed by atoms with van der Waals surface area (Å²) < 4.78 is 0. The number of aromatic amines is 1.